The first-order chi connectivity index (χ1) is 11.3. The summed E-state index contributed by atoms with van der Waals surface area (Å²) >= 11 is 0. The van der Waals surface area contributed by atoms with Crippen LogP contribution in [0, 0.1) is 0 Å². The Balaban J connectivity index is 1.92. The minimum Gasteiger partial charge on any atom is -0.352 e. The molecule has 24 heavy (non-hydrogen) atoms. The maximum absolute atomic E-state index is 13.0. The fraction of sp³-hybridized carbons (Fsp3) is 0.529. The maximum atomic E-state index is 13.0. The molecule has 1 aromatic rings. The molecule has 4 nitrogen and oxygen atoms in total. The summed E-state index contributed by atoms with van der Waals surface area (Å²) in [5.41, 5.74) is -0.538. The number of amides is 2. The van der Waals surface area contributed by atoms with Crippen LogP contribution in [0.25, 0.3) is 0 Å². The third-order valence-corrected chi connectivity index (χ3v) is 4.01. The van der Waals surface area contributed by atoms with Crippen LogP contribution >= 0.6 is 0 Å². The molecule has 0 spiro atoms. The van der Waals surface area contributed by atoms with Gasteiger partial charge in [0.2, 0.25) is 11.8 Å². The van der Waals surface area contributed by atoms with E-state index in [9.17, 15) is 22.8 Å². The van der Waals surface area contributed by atoms with E-state index in [0.29, 0.717) is 13.0 Å². The van der Waals surface area contributed by atoms with Gasteiger partial charge in [0, 0.05) is 19.0 Å². The van der Waals surface area contributed by atoms with Crippen molar-refractivity contribution in [1.29, 1.82) is 0 Å². The Hall–Kier alpha value is -2.05. The molecular weight excluding hydrogens is 321 g/mol. The van der Waals surface area contributed by atoms with E-state index in [4.69, 9.17) is 0 Å². The second kappa shape index (κ2) is 7.68. The molecule has 132 valence electrons. The van der Waals surface area contributed by atoms with Crippen LogP contribution in [-0.2, 0) is 22.2 Å². The van der Waals surface area contributed by atoms with Gasteiger partial charge in [-0.15, -0.1) is 0 Å². The average Bonchev–Trinajstić information content (AvgIpc) is 2.49. The van der Waals surface area contributed by atoms with Crippen molar-refractivity contribution in [3.8, 4) is 0 Å². The summed E-state index contributed by atoms with van der Waals surface area (Å²) in [6.45, 7) is 2.17. The molecule has 1 N–H and O–H groups in total. The Labute approximate surface area is 139 Å². The lowest BCUT2D eigenvalue weighted by Crippen LogP contribution is -2.45. The van der Waals surface area contributed by atoms with E-state index in [2.05, 4.69) is 5.32 Å². The Morgan fingerprint density at radius 3 is 2.67 bits per heavy atom. The standard InChI is InChI=1S/C17H21F3N2O2/c1-12(10-13-6-2-3-7-14(13)17(18,19)20)21-15(23)11-22-9-5-4-8-16(22)24/h2-3,6-7,12H,4-5,8-11H2,1H3,(H,21,23)/t12-/m0/s1. The molecule has 0 aromatic heterocycles. The van der Waals surface area contributed by atoms with Crippen LogP contribution < -0.4 is 5.32 Å². The van der Waals surface area contributed by atoms with Gasteiger partial charge in [-0.25, -0.2) is 0 Å². The summed E-state index contributed by atoms with van der Waals surface area (Å²) < 4.78 is 38.9. The quantitative estimate of drug-likeness (QED) is 0.894. The first-order valence-electron chi connectivity index (χ1n) is 7.99. The number of likely N-dealkylation sites (tertiary alicyclic amines) is 1. The smallest absolute Gasteiger partial charge is 0.352 e. The number of hydrogen-bond donors (Lipinski definition) is 1. The predicted octanol–water partition coefficient (Wildman–Crippen LogP) is 2.77. The zero-order valence-corrected chi connectivity index (χ0v) is 13.5. The summed E-state index contributed by atoms with van der Waals surface area (Å²) in [5.74, 6) is -0.395. The summed E-state index contributed by atoms with van der Waals surface area (Å²) in [7, 11) is 0. The van der Waals surface area contributed by atoms with Gasteiger partial charge in [-0.1, -0.05) is 18.2 Å². The van der Waals surface area contributed by atoms with Crippen LogP contribution in [0.15, 0.2) is 24.3 Å². The normalized spacial score (nSPS) is 16.8. The lowest BCUT2D eigenvalue weighted by molar-refractivity contribution is -0.138. The van der Waals surface area contributed by atoms with E-state index < -0.39 is 17.8 Å². The molecule has 1 fully saturated rings. The van der Waals surface area contributed by atoms with E-state index in [-0.39, 0.29) is 30.3 Å². The van der Waals surface area contributed by atoms with Gasteiger partial charge in [0.25, 0.3) is 0 Å². The van der Waals surface area contributed by atoms with Crippen molar-refractivity contribution in [1.82, 2.24) is 10.2 Å². The van der Waals surface area contributed by atoms with Gasteiger partial charge in [0.05, 0.1) is 12.1 Å². The van der Waals surface area contributed by atoms with Gasteiger partial charge in [-0.05, 0) is 37.8 Å². The van der Waals surface area contributed by atoms with Crippen LogP contribution in [0.2, 0.25) is 0 Å². The Kier molecular flexibility index (Phi) is 5.85. The van der Waals surface area contributed by atoms with Crippen molar-refractivity contribution in [3.05, 3.63) is 35.4 Å². The minimum atomic E-state index is -4.42. The first kappa shape index (κ1) is 18.3. The molecule has 0 radical (unpaired) electrons. The highest BCUT2D eigenvalue weighted by Crippen LogP contribution is 2.32. The van der Waals surface area contributed by atoms with Gasteiger partial charge >= 0.3 is 6.18 Å². The van der Waals surface area contributed by atoms with Crippen molar-refractivity contribution in [2.75, 3.05) is 13.1 Å². The van der Waals surface area contributed by atoms with Crippen LogP contribution in [0.1, 0.15) is 37.3 Å². The number of nitrogens with one attached hydrogen (secondary N) is 1. The SMILES string of the molecule is C[C@@H](Cc1ccccc1C(F)(F)F)NC(=O)CN1CCCCC1=O. The number of carbonyl (C=O) groups is 2. The second-order valence-corrected chi connectivity index (χ2v) is 6.10. The molecule has 2 amide bonds. The molecule has 0 aliphatic carbocycles. The highest BCUT2D eigenvalue weighted by atomic mass is 19.4. The zero-order chi connectivity index (χ0) is 17.7. The van der Waals surface area contributed by atoms with Crippen molar-refractivity contribution in [3.63, 3.8) is 0 Å². The third kappa shape index (κ3) is 4.97. The van der Waals surface area contributed by atoms with Crippen LogP contribution in [0.4, 0.5) is 13.2 Å². The summed E-state index contributed by atoms with van der Waals surface area (Å²) in [4.78, 5) is 25.2. The summed E-state index contributed by atoms with van der Waals surface area (Å²) in [6, 6.07) is 4.89. The van der Waals surface area contributed by atoms with Crippen molar-refractivity contribution in [2.45, 2.75) is 44.8 Å². The Morgan fingerprint density at radius 1 is 1.29 bits per heavy atom. The molecule has 0 saturated carbocycles. The number of benzene rings is 1. The number of rotatable bonds is 5. The Morgan fingerprint density at radius 2 is 2.00 bits per heavy atom. The fourth-order valence-electron chi connectivity index (χ4n) is 2.88. The van der Waals surface area contributed by atoms with Gasteiger partial charge in [0.15, 0.2) is 0 Å². The molecule has 2 rings (SSSR count). The number of alkyl halides is 3. The van der Waals surface area contributed by atoms with Gasteiger partial charge < -0.3 is 10.2 Å². The number of carbonyl (C=O) groups excluding carboxylic acids is 2. The molecule has 1 aromatic carbocycles. The summed E-state index contributed by atoms with van der Waals surface area (Å²) in [5, 5.41) is 2.67. The maximum Gasteiger partial charge on any atom is 0.416 e. The van der Waals surface area contributed by atoms with E-state index in [1.807, 2.05) is 0 Å². The van der Waals surface area contributed by atoms with Gasteiger partial charge in [-0.2, -0.15) is 13.2 Å². The lowest BCUT2D eigenvalue weighted by atomic mass is 10.0. The Bertz CT molecular complexity index is 602. The second-order valence-electron chi connectivity index (χ2n) is 6.10. The van der Waals surface area contributed by atoms with Crippen molar-refractivity contribution < 1.29 is 22.8 Å². The van der Waals surface area contributed by atoms with E-state index in [1.165, 1.54) is 17.0 Å². The fourth-order valence-corrected chi connectivity index (χ4v) is 2.88. The molecule has 0 bridgehead atoms. The minimum absolute atomic E-state index is 0.0376. The topological polar surface area (TPSA) is 49.4 Å². The van der Waals surface area contributed by atoms with Crippen LogP contribution in [0.5, 0.6) is 0 Å². The zero-order valence-electron chi connectivity index (χ0n) is 13.5. The highest BCUT2D eigenvalue weighted by Gasteiger charge is 2.33. The molecule has 7 heteroatoms. The van der Waals surface area contributed by atoms with Gasteiger partial charge in [0.1, 0.15) is 0 Å². The van der Waals surface area contributed by atoms with E-state index in [0.717, 1.165) is 18.9 Å². The van der Waals surface area contributed by atoms with Gasteiger partial charge in [-0.3, -0.25) is 9.59 Å². The van der Waals surface area contributed by atoms with E-state index >= 15 is 0 Å². The monoisotopic (exact) mass is 342 g/mol. The molecule has 1 saturated heterocycles. The number of nitrogens with zero attached hydrogens (tertiary/aromatic N) is 1. The lowest BCUT2D eigenvalue weighted by Gasteiger charge is -2.27. The third-order valence-electron chi connectivity index (χ3n) is 4.01. The largest absolute Gasteiger partial charge is 0.416 e. The number of piperidine rings is 1. The molecule has 1 aliphatic rings. The predicted molar refractivity (Wildman–Crippen MR) is 83.2 cm³/mol. The summed E-state index contributed by atoms with van der Waals surface area (Å²) in [6.07, 6.45) is -2.19. The molecule has 0 unspecified atom stereocenters. The van der Waals surface area contributed by atoms with Crippen molar-refractivity contribution in [2.24, 2.45) is 0 Å². The average molecular weight is 342 g/mol. The number of halogens is 3. The van der Waals surface area contributed by atoms with E-state index in [1.54, 1.807) is 13.0 Å². The molecular formula is C17H21F3N2O2. The molecule has 1 aliphatic heterocycles. The van der Waals surface area contributed by atoms with Crippen LogP contribution in [-0.4, -0.2) is 35.8 Å². The highest BCUT2D eigenvalue weighted by molar-refractivity contribution is 5.85. The van der Waals surface area contributed by atoms with Crippen molar-refractivity contribution >= 4 is 11.8 Å². The van der Waals surface area contributed by atoms with Crippen LogP contribution in [0.3, 0.4) is 0 Å². The first-order valence-corrected chi connectivity index (χ1v) is 7.99. The molecule has 1 heterocycles. The molecule has 1 atom stereocenters. The number of hydrogen-bond acceptors (Lipinski definition) is 2.